The van der Waals surface area contributed by atoms with Crippen LogP contribution >= 0.6 is 0 Å². The van der Waals surface area contributed by atoms with Gasteiger partial charge in [0, 0.05) is 5.69 Å². The Hall–Kier alpha value is -1.07. The number of nitrogens with two attached hydrogens (primary N) is 1. The summed E-state index contributed by atoms with van der Waals surface area (Å²) in [5, 5.41) is 0. The molecular weight excluding hydrogens is 178 g/mol. The van der Waals surface area contributed by atoms with E-state index < -0.39 is 15.9 Å². The van der Waals surface area contributed by atoms with E-state index in [-0.39, 0.29) is 0 Å². The molecule has 0 spiro atoms. The molecule has 0 bridgehead atoms. The van der Waals surface area contributed by atoms with Crippen molar-refractivity contribution in [1.82, 2.24) is 0 Å². The molecule has 0 saturated heterocycles. The van der Waals surface area contributed by atoms with Crippen molar-refractivity contribution in [3.63, 3.8) is 0 Å². The highest BCUT2D eigenvalue weighted by Crippen LogP contribution is 2.07. The van der Waals surface area contributed by atoms with Crippen molar-refractivity contribution in [2.75, 3.05) is 5.73 Å². The van der Waals surface area contributed by atoms with Gasteiger partial charge in [-0.2, -0.15) is 0 Å². The molecule has 0 saturated carbocycles. The molecule has 0 aromatic heterocycles. The van der Waals surface area contributed by atoms with E-state index in [4.69, 9.17) is 5.73 Å². The third-order valence-electron chi connectivity index (χ3n) is 1.32. The van der Waals surface area contributed by atoms with Gasteiger partial charge in [0.15, 0.2) is 0 Å². The predicted octanol–water partition coefficient (Wildman–Crippen LogP) is 0.314. The quantitative estimate of drug-likeness (QED) is 0.532. The zero-order valence-electron chi connectivity index (χ0n) is 6.23. The second-order valence-electron chi connectivity index (χ2n) is 2.44. The number of nitrogen functional groups attached to an aromatic ring is 1. The first-order chi connectivity index (χ1) is 5.47. The van der Waals surface area contributed by atoms with Crippen molar-refractivity contribution in [3.8, 4) is 0 Å². The fourth-order valence-electron chi connectivity index (χ4n) is 0.818. The summed E-state index contributed by atoms with van der Waals surface area (Å²) in [5.41, 5.74) is 6.36. The molecule has 0 unspecified atom stereocenters. The Morgan fingerprint density at radius 2 is 1.75 bits per heavy atom. The van der Waals surface area contributed by atoms with Gasteiger partial charge >= 0.3 is 0 Å². The third-order valence-corrected chi connectivity index (χ3v) is 2.01. The van der Waals surface area contributed by atoms with Gasteiger partial charge in [0.2, 0.25) is 0 Å². The van der Waals surface area contributed by atoms with Crippen LogP contribution in [0.25, 0.3) is 0 Å². The Morgan fingerprint density at radius 3 is 2.17 bits per heavy atom. The highest BCUT2D eigenvalue weighted by molar-refractivity contribution is 7.84. The second-order valence-corrected chi connectivity index (χ2v) is 3.85. The number of benzene rings is 1. The largest absolute Gasteiger partial charge is 0.748 e. The maximum Gasteiger partial charge on any atom is 0.0988 e. The van der Waals surface area contributed by atoms with Gasteiger partial charge in [0.25, 0.3) is 0 Å². The van der Waals surface area contributed by atoms with Crippen molar-refractivity contribution >= 4 is 15.8 Å². The lowest BCUT2D eigenvalue weighted by molar-refractivity contribution is 0.462. The average molecular weight is 186 g/mol. The van der Waals surface area contributed by atoms with E-state index in [1.165, 1.54) is 12.1 Å². The molecule has 1 aromatic carbocycles. The second kappa shape index (κ2) is 3.12. The molecule has 0 amide bonds. The van der Waals surface area contributed by atoms with E-state index in [1.807, 2.05) is 0 Å². The Balaban J connectivity index is 2.85. The first-order valence-corrected chi connectivity index (χ1v) is 4.83. The van der Waals surface area contributed by atoms with E-state index in [9.17, 15) is 13.0 Å². The third kappa shape index (κ3) is 2.89. The van der Waals surface area contributed by atoms with E-state index in [1.54, 1.807) is 12.1 Å². The van der Waals surface area contributed by atoms with Gasteiger partial charge in [-0.3, -0.25) is 0 Å². The van der Waals surface area contributed by atoms with E-state index in [2.05, 4.69) is 0 Å². The molecule has 0 aliphatic rings. The van der Waals surface area contributed by atoms with Crippen molar-refractivity contribution in [2.24, 2.45) is 0 Å². The van der Waals surface area contributed by atoms with Gasteiger partial charge in [0.05, 0.1) is 15.9 Å². The summed E-state index contributed by atoms with van der Waals surface area (Å²) in [7, 11) is -4.18. The summed E-state index contributed by atoms with van der Waals surface area (Å²) in [6.07, 6.45) is 0. The summed E-state index contributed by atoms with van der Waals surface area (Å²) < 4.78 is 30.9. The maximum absolute atomic E-state index is 10.3. The Morgan fingerprint density at radius 1 is 1.25 bits per heavy atom. The first kappa shape index (κ1) is 9.02. The molecule has 66 valence electrons. The topological polar surface area (TPSA) is 83.2 Å². The van der Waals surface area contributed by atoms with Crippen LogP contribution in [0.4, 0.5) is 5.69 Å². The lowest BCUT2D eigenvalue weighted by Gasteiger charge is -2.06. The van der Waals surface area contributed by atoms with Crippen LogP contribution in [0.3, 0.4) is 0 Å². The van der Waals surface area contributed by atoms with Crippen molar-refractivity contribution in [1.29, 1.82) is 0 Å². The summed E-state index contributed by atoms with van der Waals surface area (Å²) in [6.45, 7) is 0. The van der Waals surface area contributed by atoms with Crippen LogP contribution in [0.5, 0.6) is 0 Å². The van der Waals surface area contributed by atoms with Gasteiger partial charge < -0.3 is 10.3 Å². The van der Waals surface area contributed by atoms with Gasteiger partial charge in [-0.25, -0.2) is 8.42 Å². The maximum atomic E-state index is 10.3. The zero-order valence-corrected chi connectivity index (χ0v) is 7.04. The zero-order chi connectivity index (χ0) is 9.19. The number of anilines is 1. The Bertz CT molecular complexity index is 355. The van der Waals surface area contributed by atoms with Crippen LogP contribution < -0.4 is 5.73 Å². The van der Waals surface area contributed by atoms with Crippen molar-refractivity contribution in [3.05, 3.63) is 29.8 Å². The van der Waals surface area contributed by atoms with Crippen LogP contribution in [-0.2, 0) is 15.9 Å². The smallest absolute Gasteiger partial charge is 0.0988 e. The number of hydrogen-bond acceptors (Lipinski definition) is 4. The highest BCUT2D eigenvalue weighted by atomic mass is 32.2. The van der Waals surface area contributed by atoms with Crippen molar-refractivity contribution < 1.29 is 13.0 Å². The van der Waals surface area contributed by atoms with Gasteiger partial charge in [0.1, 0.15) is 0 Å². The average Bonchev–Trinajstić information content (AvgIpc) is 1.91. The minimum atomic E-state index is -4.18. The van der Waals surface area contributed by atoms with Crippen LogP contribution in [0.15, 0.2) is 24.3 Å². The van der Waals surface area contributed by atoms with Gasteiger partial charge in [-0.1, -0.05) is 12.1 Å². The fourth-order valence-corrected chi connectivity index (χ4v) is 1.42. The molecule has 0 aliphatic heterocycles. The molecule has 0 atom stereocenters. The Kier molecular flexibility index (Phi) is 2.35. The van der Waals surface area contributed by atoms with E-state index in [0.717, 1.165) is 0 Å². The molecule has 1 rings (SSSR count). The molecule has 0 fully saturated rings. The molecule has 5 heteroatoms. The number of hydrogen-bond donors (Lipinski definition) is 1. The predicted molar refractivity (Wildman–Crippen MR) is 44.3 cm³/mol. The summed E-state index contributed by atoms with van der Waals surface area (Å²) in [5.74, 6) is -0.479. The van der Waals surface area contributed by atoms with Gasteiger partial charge in [-0.15, -0.1) is 0 Å². The van der Waals surface area contributed by atoms with E-state index in [0.29, 0.717) is 11.3 Å². The standard InChI is InChI=1S/C7H9NO3S/c8-7-3-1-6(2-4-7)5-12(9,10)11/h1-4H,5,8H2,(H,9,10,11)/p-1. The molecule has 4 nitrogen and oxygen atoms in total. The SMILES string of the molecule is Nc1ccc(CS(=O)(=O)[O-])cc1. The molecular formula is C7H8NO3S-. The molecule has 12 heavy (non-hydrogen) atoms. The Labute approximate surface area is 70.8 Å². The summed E-state index contributed by atoms with van der Waals surface area (Å²) >= 11 is 0. The number of rotatable bonds is 2. The molecule has 0 heterocycles. The minimum Gasteiger partial charge on any atom is -0.748 e. The minimum absolute atomic E-state index is 0.458. The lowest BCUT2D eigenvalue weighted by Crippen LogP contribution is -2.01. The monoisotopic (exact) mass is 186 g/mol. The van der Waals surface area contributed by atoms with Gasteiger partial charge in [-0.05, 0) is 17.7 Å². The van der Waals surface area contributed by atoms with Crippen LogP contribution in [-0.4, -0.2) is 13.0 Å². The lowest BCUT2D eigenvalue weighted by atomic mass is 10.2. The van der Waals surface area contributed by atoms with E-state index >= 15 is 0 Å². The van der Waals surface area contributed by atoms with Crippen molar-refractivity contribution in [2.45, 2.75) is 5.75 Å². The molecule has 0 aliphatic carbocycles. The molecule has 1 aromatic rings. The summed E-state index contributed by atoms with van der Waals surface area (Å²) in [6, 6.07) is 6.15. The van der Waals surface area contributed by atoms with Crippen LogP contribution in [0.1, 0.15) is 5.56 Å². The van der Waals surface area contributed by atoms with Crippen LogP contribution in [0.2, 0.25) is 0 Å². The molecule has 2 N–H and O–H groups in total. The molecule has 0 radical (unpaired) electrons. The first-order valence-electron chi connectivity index (χ1n) is 3.25. The fraction of sp³-hybridized carbons (Fsp3) is 0.143. The summed E-state index contributed by atoms with van der Waals surface area (Å²) in [4.78, 5) is 0. The van der Waals surface area contributed by atoms with Crippen LogP contribution in [0, 0.1) is 0 Å². The normalized spacial score (nSPS) is 11.4. The highest BCUT2D eigenvalue weighted by Gasteiger charge is 1.97.